The zero-order valence-electron chi connectivity index (χ0n) is 17.4. The van der Waals surface area contributed by atoms with Gasteiger partial charge in [0.05, 0.1) is 0 Å². The summed E-state index contributed by atoms with van der Waals surface area (Å²) in [5.74, 6) is 1.01. The fraction of sp³-hybridized carbons (Fsp3) is 0.632. The van der Waals surface area contributed by atoms with Crippen molar-refractivity contribution in [3.63, 3.8) is 0 Å². The van der Waals surface area contributed by atoms with E-state index in [0.29, 0.717) is 45.0 Å². The maximum Gasteiger partial charge on any atom is 0.275 e. The Bertz CT molecular complexity index is 856. The van der Waals surface area contributed by atoms with Gasteiger partial charge in [0.25, 0.3) is 5.91 Å². The summed E-state index contributed by atoms with van der Waals surface area (Å²) in [6, 6.07) is 0. The van der Waals surface area contributed by atoms with Crippen molar-refractivity contribution in [2.75, 3.05) is 37.6 Å². The van der Waals surface area contributed by atoms with Crippen LogP contribution in [0.2, 0.25) is 0 Å². The highest BCUT2D eigenvalue weighted by atomic mass is 32.1. The third-order valence-corrected chi connectivity index (χ3v) is 5.45. The van der Waals surface area contributed by atoms with E-state index < -0.39 is 0 Å². The third kappa shape index (κ3) is 5.31. The van der Waals surface area contributed by atoms with Gasteiger partial charge in [-0.1, -0.05) is 27.7 Å². The van der Waals surface area contributed by atoms with Crippen LogP contribution in [0.15, 0.2) is 10.7 Å². The quantitative estimate of drug-likeness (QED) is 0.808. The Morgan fingerprint density at radius 3 is 2.69 bits per heavy atom. The van der Waals surface area contributed by atoms with E-state index in [1.807, 2.05) is 6.92 Å². The number of amides is 2. The number of anilines is 1. The average molecular weight is 421 g/mol. The summed E-state index contributed by atoms with van der Waals surface area (Å²) in [5, 5.41) is 3.70. The highest BCUT2D eigenvalue weighted by molar-refractivity contribution is 7.09. The minimum Gasteiger partial charge on any atom is -0.448 e. The summed E-state index contributed by atoms with van der Waals surface area (Å²) in [5.41, 5.74) is 0.142. The molecule has 0 radical (unpaired) electrons. The van der Waals surface area contributed by atoms with Crippen molar-refractivity contribution in [2.24, 2.45) is 0 Å². The number of nitrogens with one attached hydrogen (secondary N) is 1. The van der Waals surface area contributed by atoms with Gasteiger partial charge in [0.15, 0.2) is 11.6 Å². The fourth-order valence-electron chi connectivity index (χ4n) is 2.90. The lowest BCUT2D eigenvalue weighted by molar-refractivity contribution is -0.121. The van der Waals surface area contributed by atoms with Crippen LogP contribution in [0.5, 0.6) is 0 Å². The van der Waals surface area contributed by atoms with Crippen LogP contribution >= 0.6 is 11.5 Å². The van der Waals surface area contributed by atoms with E-state index in [2.05, 4.69) is 45.3 Å². The average Bonchev–Trinajstić information content (AvgIpc) is 3.35. The van der Waals surface area contributed by atoms with Gasteiger partial charge in [-0.2, -0.15) is 4.37 Å². The van der Waals surface area contributed by atoms with E-state index in [9.17, 15) is 9.59 Å². The van der Waals surface area contributed by atoms with Crippen LogP contribution in [0.4, 0.5) is 5.13 Å². The summed E-state index contributed by atoms with van der Waals surface area (Å²) in [6.07, 6.45) is 2.27. The molecule has 3 heterocycles. The molecule has 1 saturated heterocycles. The number of aryl methyl sites for hydroxylation is 1. The Hall–Kier alpha value is -2.49. The summed E-state index contributed by atoms with van der Waals surface area (Å²) in [6.45, 7) is 10.7. The van der Waals surface area contributed by atoms with Crippen molar-refractivity contribution in [3.05, 3.63) is 23.7 Å². The first-order chi connectivity index (χ1) is 13.8. The standard InChI is InChI=1S/C19H28N6O3S/c1-5-15-21-13(12-28-15)16(27)24-8-6-14(26)20-7-9-25(11-10-24)18-22-17(23-29-18)19(2,3)4/h12H,5-11H2,1-4H3,(H,20,26). The molecule has 0 unspecified atom stereocenters. The largest absolute Gasteiger partial charge is 0.448 e. The molecule has 10 heteroatoms. The Balaban J connectivity index is 1.77. The van der Waals surface area contributed by atoms with Gasteiger partial charge in [0.2, 0.25) is 11.0 Å². The molecule has 2 amide bonds. The van der Waals surface area contributed by atoms with Gasteiger partial charge in [-0.15, -0.1) is 0 Å². The van der Waals surface area contributed by atoms with E-state index in [-0.39, 0.29) is 29.3 Å². The molecule has 2 aromatic rings. The number of carbonyl (C=O) groups is 2. The van der Waals surface area contributed by atoms with Crippen LogP contribution in [-0.2, 0) is 16.6 Å². The maximum atomic E-state index is 12.9. The van der Waals surface area contributed by atoms with Crippen LogP contribution in [-0.4, -0.2) is 63.8 Å². The molecule has 3 rings (SSSR count). The van der Waals surface area contributed by atoms with Crippen molar-refractivity contribution in [2.45, 2.75) is 46.0 Å². The number of aromatic nitrogens is 3. The van der Waals surface area contributed by atoms with Crippen molar-refractivity contribution in [1.29, 1.82) is 0 Å². The van der Waals surface area contributed by atoms with Gasteiger partial charge < -0.3 is 19.5 Å². The van der Waals surface area contributed by atoms with Crippen LogP contribution in [0, 0.1) is 0 Å². The predicted molar refractivity (Wildman–Crippen MR) is 110 cm³/mol. The topological polar surface area (TPSA) is 104 Å². The minimum absolute atomic E-state index is 0.0771. The Labute approximate surface area is 174 Å². The number of hydrogen-bond acceptors (Lipinski definition) is 8. The Kier molecular flexibility index (Phi) is 6.51. The molecule has 1 fully saturated rings. The lowest BCUT2D eigenvalue weighted by atomic mass is 9.96. The van der Waals surface area contributed by atoms with E-state index >= 15 is 0 Å². The number of nitrogens with zero attached hydrogens (tertiary/aromatic N) is 5. The van der Waals surface area contributed by atoms with E-state index in [1.165, 1.54) is 17.8 Å². The van der Waals surface area contributed by atoms with Crippen molar-refractivity contribution in [3.8, 4) is 0 Å². The molecule has 1 aliphatic rings. The molecule has 0 aromatic carbocycles. The molecule has 1 aliphatic heterocycles. The lowest BCUT2D eigenvalue weighted by Gasteiger charge is -2.28. The lowest BCUT2D eigenvalue weighted by Crippen LogP contribution is -2.45. The van der Waals surface area contributed by atoms with Gasteiger partial charge >= 0.3 is 0 Å². The first-order valence-corrected chi connectivity index (χ1v) is 10.6. The molecule has 158 valence electrons. The molecule has 0 bridgehead atoms. The SMILES string of the molecule is CCc1nc(C(=O)N2CCC(=O)NCCN(c3nc(C(C)(C)C)ns3)CC2)co1. The summed E-state index contributed by atoms with van der Waals surface area (Å²) in [7, 11) is 0. The maximum absolute atomic E-state index is 12.9. The molecular weight excluding hydrogens is 392 g/mol. The van der Waals surface area contributed by atoms with Crippen LogP contribution < -0.4 is 10.2 Å². The van der Waals surface area contributed by atoms with Crippen molar-refractivity contribution in [1.82, 2.24) is 24.6 Å². The molecule has 2 aromatic heterocycles. The van der Waals surface area contributed by atoms with Gasteiger partial charge in [0, 0.05) is 62.5 Å². The molecule has 0 atom stereocenters. The van der Waals surface area contributed by atoms with E-state index in [0.717, 1.165) is 11.0 Å². The molecule has 29 heavy (non-hydrogen) atoms. The fourth-order valence-corrected chi connectivity index (χ4v) is 3.80. The zero-order valence-corrected chi connectivity index (χ0v) is 18.2. The van der Waals surface area contributed by atoms with Gasteiger partial charge in [-0.3, -0.25) is 9.59 Å². The second-order valence-corrected chi connectivity index (χ2v) is 8.74. The molecule has 9 nitrogen and oxygen atoms in total. The monoisotopic (exact) mass is 420 g/mol. The van der Waals surface area contributed by atoms with Gasteiger partial charge in [0.1, 0.15) is 12.1 Å². The normalized spacial score (nSPS) is 16.6. The highest BCUT2D eigenvalue weighted by Crippen LogP contribution is 2.25. The van der Waals surface area contributed by atoms with Gasteiger partial charge in [-0.25, -0.2) is 9.97 Å². The summed E-state index contributed by atoms with van der Waals surface area (Å²) in [4.78, 5) is 37.7. The minimum atomic E-state index is -0.227. The van der Waals surface area contributed by atoms with E-state index in [1.54, 1.807) is 4.90 Å². The highest BCUT2D eigenvalue weighted by Gasteiger charge is 2.25. The second-order valence-electron chi connectivity index (χ2n) is 8.01. The van der Waals surface area contributed by atoms with E-state index in [4.69, 9.17) is 4.42 Å². The number of hydrogen-bond donors (Lipinski definition) is 1. The molecule has 0 spiro atoms. The van der Waals surface area contributed by atoms with Crippen molar-refractivity contribution >= 4 is 28.5 Å². The first-order valence-electron chi connectivity index (χ1n) is 9.87. The number of rotatable bonds is 3. The molecule has 1 N–H and O–H groups in total. The molecule has 0 aliphatic carbocycles. The predicted octanol–water partition coefficient (Wildman–Crippen LogP) is 1.85. The van der Waals surface area contributed by atoms with Crippen LogP contribution in [0.25, 0.3) is 0 Å². The Morgan fingerprint density at radius 1 is 1.24 bits per heavy atom. The number of carbonyl (C=O) groups excluding carboxylic acids is 2. The summed E-state index contributed by atoms with van der Waals surface area (Å²) >= 11 is 1.35. The molecule has 0 saturated carbocycles. The van der Waals surface area contributed by atoms with Crippen molar-refractivity contribution < 1.29 is 14.0 Å². The Morgan fingerprint density at radius 2 is 2.03 bits per heavy atom. The third-order valence-electron chi connectivity index (χ3n) is 4.67. The van der Waals surface area contributed by atoms with Gasteiger partial charge in [-0.05, 0) is 0 Å². The first kappa shape index (κ1) is 21.2. The number of oxazole rings is 1. The smallest absolute Gasteiger partial charge is 0.275 e. The zero-order chi connectivity index (χ0) is 21.0. The van der Waals surface area contributed by atoms with Crippen LogP contribution in [0.1, 0.15) is 56.3 Å². The molecular formula is C19H28N6O3S. The second kappa shape index (κ2) is 8.89. The van der Waals surface area contributed by atoms with Crippen LogP contribution in [0.3, 0.4) is 0 Å². The summed E-state index contributed by atoms with van der Waals surface area (Å²) < 4.78 is 9.79.